The highest BCUT2D eigenvalue weighted by Gasteiger charge is 2.24. The van der Waals surface area contributed by atoms with Gasteiger partial charge in [-0.2, -0.15) is 0 Å². The van der Waals surface area contributed by atoms with E-state index in [1.165, 1.54) is 42.5 Å². The van der Waals surface area contributed by atoms with E-state index in [1.807, 2.05) is 19.2 Å². The molecule has 1 atom stereocenters. The molecule has 0 bridgehead atoms. The summed E-state index contributed by atoms with van der Waals surface area (Å²) < 4.78 is 0. The van der Waals surface area contributed by atoms with Crippen molar-refractivity contribution in [3.63, 3.8) is 0 Å². The zero-order chi connectivity index (χ0) is 16.7. The number of rotatable bonds is 9. The zero-order valence-electron chi connectivity index (χ0n) is 14.7. The lowest BCUT2D eigenvalue weighted by atomic mass is 10.0. The molecule has 1 fully saturated rings. The van der Waals surface area contributed by atoms with Crippen LogP contribution in [-0.4, -0.2) is 19.0 Å². The van der Waals surface area contributed by atoms with Gasteiger partial charge in [0.05, 0.1) is 6.04 Å². The van der Waals surface area contributed by atoms with Crippen molar-refractivity contribution in [3.05, 3.63) is 46.7 Å². The van der Waals surface area contributed by atoms with Crippen molar-refractivity contribution in [2.75, 3.05) is 7.05 Å². The lowest BCUT2D eigenvalue weighted by Gasteiger charge is -2.21. The summed E-state index contributed by atoms with van der Waals surface area (Å²) in [6, 6.07) is 8.17. The van der Waals surface area contributed by atoms with Crippen LogP contribution in [0.25, 0.3) is 0 Å². The first-order valence-electron chi connectivity index (χ1n) is 8.99. The third-order valence-corrected chi connectivity index (χ3v) is 4.42. The van der Waals surface area contributed by atoms with Crippen LogP contribution in [0, 0.1) is 0 Å². The molecule has 1 aromatic rings. The summed E-state index contributed by atoms with van der Waals surface area (Å²) in [6.07, 6.45) is 7.84. The largest absolute Gasteiger partial charge is 0.390 e. The number of unbranched alkanes of at least 4 members (excludes halogenated alkanes) is 1. The van der Waals surface area contributed by atoms with E-state index in [2.05, 4.69) is 36.6 Å². The van der Waals surface area contributed by atoms with Crippen LogP contribution >= 0.6 is 0 Å². The molecule has 1 aliphatic carbocycles. The molecule has 2 N–H and O–H groups in total. The Hall–Kier alpha value is -1.77. The number of hydrogen-bond donors (Lipinski definition) is 2. The molecule has 126 valence electrons. The second kappa shape index (κ2) is 8.76. The number of allylic oxidation sites excluding steroid dienone is 1. The van der Waals surface area contributed by atoms with Crippen LogP contribution in [0.15, 0.2) is 35.5 Å². The van der Waals surface area contributed by atoms with Gasteiger partial charge < -0.3 is 10.6 Å². The normalized spacial score (nSPS) is 14.3. The van der Waals surface area contributed by atoms with Crippen molar-refractivity contribution < 1.29 is 4.79 Å². The Morgan fingerprint density at radius 2 is 1.83 bits per heavy atom. The molecule has 3 heteroatoms. The fourth-order valence-electron chi connectivity index (χ4n) is 2.95. The van der Waals surface area contributed by atoms with E-state index in [-0.39, 0.29) is 11.9 Å². The molecule has 2 rings (SSSR count). The summed E-state index contributed by atoms with van der Waals surface area (Å²) in [5, 5.41) is 6.51. The van der Waals surface area contributed by atoms with Crippen LogP contribution in [0.1, 0.15) is 68.3 Å². The van der Waals surface area contributed by atoms with Crippen LogP contribution in [0.4, 0.5) is 0 Å². The molecule has 0 aliphatic heterocycles. The van der Waals surface area contributed by atoms with Crippen LogP contribution in [0.5, 0.6) is 0 Å². The Morgan fingerprint density at radius 1 is 1.13 bits per heavy atom. The predicted molar refractivity (Wildman–Crippen MR) is 96.5 cm³/mol. The summed E-state index contributed by atoms with van der Waals surface area (Å²) in [6.45, 7) is 4.36. The van der Waals surface area contributed by atoms with Crippen LogP contribution < -0.4 is 10.6 Å². The average Bonchev–Trinajstić information content (AvgIpc) is 3.39. The first-order chi connectivity index (χ1) is 11.2. The maximum absolute atomic E-state index is 12.6. The van der Waals surface area contributed by atoms with E-state index in [0.717, 1.165) is 24.8 Å². The molecular formula is C20H30N2O. The van der Waals surface area contributed by atoms with Gasteiger partial charge in [-0.15, -0.1) is 0 Å². The van der Waals surface area contributed by atoms with Gasteiger partial charge in [0.15, 0.2) is 0 Å². The van der Waals surface area contributed by atoms with E-state index in [1.54, 1.807) is 0 Å². The Bertz CT molecular complexity index is 539. The number of carbonyl (C=O) groups is 1. The van der Waals surface area contributed by atoms with E-state index in [4.69, 9.17) is 0 Å². The minimum Gasteiger partial charge on any atom is -0.390 e. The summed E-state index contributed by atoms with van der Waals surface area (Å²) in [7, 11) is 1.96. The number of hydrogen-bond acceptors (Lipinski definition) is 2. The molecule has 1 aromatic carbocycles. The predicted octanol–water partition coefficient (Wildman–Crippen LogP) is 4.20. The highest BCUT2D eigenvalue weighted by molar-refractivity contribution is 5.94. The van der Waals surface area contributed by atoms with E-state index >= 15 is 0 Å². The van der Waals surface area contributed by atoms with Gasteiger partial charge in [0.2, 0.25) is 0 Å². The molecule has 23 heavy (non-hydrogen) atoms. The van der Waals surface area contributed by atoms with Gasteiger partial charge in [0.1, 0.15) is 0 Å². The molecule has 0 heterocycles. The number of amides is 1. The van der Waals surface area contributed by atoms with Gasteiger partial charge in [0.25, 0.3) is 5.91 Å². The molecule has 0 aromatic heterocycles. The standard InChI is InChI=1S/C20H30N2O/c1-4-6-8-15-9-11-17(12-10-15)20(23)22-18(7-5-2)19(21-3)16-13-14-16/h9-12,18,21H,4-8,13-14H2,1-3H3,(H,22,23)/t18-/m0/s1. The number of aryl methyl sites for hydroxylation is 1. The highest BCUT2D eigenvalue weighted by Crippen LogP contribution is 2.32. The Kier molecular flexibility index (Phi) is 6.69. The molecule has 0 spiro atoms. The fourth-order valence-corrected chi connectivity index (χ4v) is 2.95. The van der Waals surface area contributed by atoms with Crippen molar-refractivity contribution in [2.24, 2.45) is 0 Å². The van der Waals surface area contributed by atoms with Crippen LogP contribution in [0.2, 0.25) is 0 Å². The summed E-state index contributed by atoms with van der Waals surface area (Å²) >= 11 is 0. The maximum Gasteiger partial charge on any atom is 0.251 e. The maximum atomic E-state index is 12.6. The first kappa shape index (κ1) is 17.6. The molecule has 3 nitrogen and oxygen atoms in total. The quantitative estimate of drug-likeness (QED) is 0.717. The van der Waals surface area contributed by atoms with Crippen molar-refractivity contribution in [1.29, 1.82) is 0 Å². The molecule has 1 amide bonds. The second-order valence-electron chi connectivity index (χ2n) is 6.38. The van der Waals surface area contributed by atoms with Crippen molar-refractivity contribution in [2.45, 2.75) is 64.8 Å². The summed E-state index contributed by atoms with van der Waals surface area (Å²) in [4.78, 5) is 12.6. The van der Waals surface area contributed by atoms with Gasteiger partial charge in [-0.1, -0.05) is 38.8 Å². The first-order valence-corrected chi connectivity index (χ1v) is 8.99. The smallest absolute Gasteiger partial charge is 0.251 e. The molecule has 1 saturated carbocycles. The molecule has 0 radical (unpaired) electrons. The van der Waals surface area contributed by atoms with E-state index in [0.29, 0.717) is 0 Å². The lowest BCUT2D eigenvalue weighted by molar-refractivity contribution is 0.0940. The topological polar surface area (TPSA) is 41.1 Å². The van der Waals surface area contributed by atoms with Gasteiger partial charge in [-0.25, -0.2) is 0 Å². The van der Waals surface area contributed by atoms with E-state index < -0.39 is 0 Å². The number of carbonyl (C=O) groups excluding carboxylic acids is 1. The van der Waals surface area contributed by atoms with Gasteiger partial charge >= 0.3 is 0 Å². The average molecular weight is 314 g/mol. The molecular weight excluding hydrogens is 284 g/mol. The van der Waals surface area contributed by atoms with Crippen molar-refractivity contribution >= 4 is 5.91 Å². The lowest BCUT2D eigenvalue weighted by Crippen LogP contribution is -2.39. The monoisotopic (exact) mass is 314 g/mol. The molecule has 1 aliphatic rings. The molecule has 0 saturated heterocycles. The number of nitrogens with one attached hydrogen (secondary N) is 2. The summed E-state index contributed by atoms with van der Waals surface area (Å²) in [5.41, 5.74) is 4.74. The number of likely N-dealkylation sites (N-methyl/N-ethyl adjacent to an activating group) is 1. The van der Waals surface area contributed by atoms with E-state index in [9.17, 15) is 4.79 Å². The van der Waals surface area contributed by atoms with Crippen molar-refractivity contribution in [1.82, 2.24) is 10.6 Å². The van der Waals surface area contributed by atoms with Gasteiger partial charge in [-0.3, -0.25) is 4.79 Å². The Labute approximate surface area is 140 Å². The highest BCUT2D eigenvalue weighted by atomic mass is 16.1. The van der Waals surface area contributed by atoms with Crippen LogP contribution in [-0.2, 0) is 6.42 Å². The number of benzene rings is 1. The minimum atomic E-state index is 0.0273. The SMILES string of the molecule is CCCCc1ccc(C(=O)N[C@@H](CCC)C(NC)=C2CC2)cc1. The second-order valence-corrected chi connectivity index (χ2v) is 6.38. The third-order valence-electron chi connectivity index (χ3n) is 4.42. The van der Waals surface area contributed by atoms with Crippen LogP contribution in [0.3, 0.4) is 0 Å². The Balaban J connectivity index is 2.02. The molecule has 0 unspecified atom stereocenters. The minimum absolute atomic E-state index is 0.0273. The summed E-state index contributed by atoms with van der Waals surface area (Å²) in [5.74, 6) is 0.0273. The fraction of sp³-hybridized carbons (Fsp3) is 0.550. The van der Waals surface area contributed by atoms with Gasteiger partial charge in [0, 0.05) is 18.3 Å². The zero-order valence-corrected chi connectivity index (χ0v) is 14.7. The third kappa shape index (κ3) is 5.12. The van der Waals surface area contributed by atoms with Crippen molar-refractivity contribution in [3.8, 4) is 0 Å². The van der Waals surface area contributed by atoms with Gasteiger partial charge in [-0.05, 0) is 55.4 Å². The Morgan fingerprint density at radius 3 is 2.35 bits per heavy atom.